The van der Waals surface area contributed by atoms with E-state index in [1.165, 1.54) is 16.7 Å². The molecule has 0 fully saturated rings. The van der Waals surface area contributed by atoms with Gasteiger partial charge in [-0.05, 0) is 89.7 Å². The van der Waals surface area contributed by atoms with Gasteiger partial charge in [0.15, 0.2) is 0 Å². The molecule has 9 rings (SSSR count). The van der Waals surface area contributed by atoms with E-state index in [1.807, 2.05) is 0 Å². The van der Waals surface area contributed by atoms with Gasteiger partial charge in [-0.25, -0.2) is 0 Å². The first kappa shape index (κ1) is 29.3. The lowest BCUT2D eigenvalue weighted by Crippen LogP contribution is -2.47. The van der Waals surface area contributed by atoms with Crippen molar-refractivity contribution in [3.63, 3.8) is 0 Å². The number of hydrogen-bond donors (Lipinski definition) is 2. The molecule has 0 aromatic heterocycles. The van der Waals surface area contributed by atoms with Crippen molar-refractivity contribution in [3.8, 4) is 0 Å². The van der Waals surface area contributed by atoms with E-state index in [0.29, 0.717) is 0 Å². The zero-order valence-electron chi connectivity index (χ0n) is 27.6. The van der Waals surface area contributed by atoms with Crippen molar-refractivity contribution in [1.82, 2.24) is 0 Å². The van der Waals surface area contributed by atoms with E-state index >= 15 is 0 Å². The molecule has 7 aromatic carbocycles. The molecule has 49 heavy (non-hydrogen) atoms. The standard InChI is InChI=1S/C46H36N2O/c1-31-24-27-33(28-25-31)47-42-29-26-32(2)30-41(42)46(49)37-18-8-6-16-35(37)45(36-17-7-9-19-38(36)46)39-20-10-12-22-43(39)48(34-14-4-3-5-15-34)44-23-13-11-21-40(44)45/h3-30,47,49H,1-2H3. The van der Waals surface area contributed by atoms with Gasteiger partial charge in [0.1, 0.15) is 5.60 Å². The molecule has 236 valence electrons. The maximum absolute atomic E-state index is 13.7. The maximum atomic E-state index is 13.7. The number of hydrogen-bond acceptors (Lipinski definition) is 3. The van der Waals surface area contributed by atoms with Crippen molar-refractivity contribution in [2.45, 2.75) is 24.9 Å². The summed E-state index contributed by atoms with van der Waals surface area (Å²) in [4.78, 5) is 2.38. The van der Waals surface area contributed by atoms with Crippen LogP contribution in [0.1, 0.15) is 50.1 Å². The third kappa shape index (κ3) is 4.19. The number of benzene rings is 7. The van der Waals surface area contributed by atoms with Crippen LogP contribution in [0.25, 0.3) is 0 Å². The van der Waals surface area contributed by atoms with Gasteiger partial charge in [0.25, 0.3) is 0 Å². The summed E-state index contributed by atoms with van der Waals surface area (Å²) in [7, 11) is 0. The highest BCUT2D eigenvalue weighted by Crippen LogP contribution is 2.63. The van der Waals surface area contributed by atoms with E-state index in [4.69, 9.17) is 0 Å². The summed E-state index contributed by atoms with van der Waals surface area (Å²) in [5.41, 5.74) is 12.5. The molecule has 0 saturated carbocycles. The number of para-hydroxylation sites is 3. The van der Waals surface area contributed by atoms with E-state index in [0.717, 1.165) is 61.8 Å². The number of anilines is 5. The fourth-order valence-electron chi connectivity index (χ4n) is 8.37. The summed E-state index contributed by atoms with van der Waals surface area (Å²) in [6.45, 7) is 4.19. The third-order valence-corrected chi connectivity index (χ3v) is 10.4. The van der Waals surface area contributed by atoms with Gasteiger partial charge in [0.05, 0.1) is 16.8 Å². The van der Waals surface area contributed by atoms with Crippen LogP contribution >= 0.6 is 0 Å². The lowest BCUT2D eigenvalue weighted by Gasteiger charge is -2.52. The second kappa shape index (κ2) is 11.1. The van der Waals surface area contributed by atoms with Crippen molar-refractivity contribution in [2.75, 3.05) is 10.2 Å². The Bertz CT molecular complexity index is 2260. The molecule has 1 aliphatic heterocycles. The lowest BCUT2D eigenvalue weighted by atomic mass is 9.54. The zero-order chi connectivity index (χ0) is 33.2. The molecule has 0 saturated heterocycles. The van der Waals surface area contributed by atoms with Crippen molar-refractivity contribution < 1.29 is 5.11 Å². The monoisotopic (exact) mass is 632 g/mol. The number of nitrogens with zero attached hydrogens (tertiary/aromatic N) is 1. The van der Waals surface area contributed by atoms with Gasteiger partial charge in [0.2, 0.25) is 0 Å². The Morgan fingerprint density at radius 1 is 0.449 bits per heavy atom. The Hall–Kier alpha value is -5.90. The first-order valence-corrected chi connectivity index (χ1v) is 16.9. The molecular weight excluding hydrogens is 597 g/mol. The average Bonchev–Trinajstić information content (AvgIpc) is 3.15. The lowest BCUT2D eigenvalue weighted by molar-refractivity contribution is 0.119. The Labute approximate surface area is 287 Å². The van der Waals surface area contributed by atoms with E-state index in [1.54, 1.807) is 0 Å². The molecular formula is C46H36N2O. The summed E-state index contributed by atoms with van der Waals surface area (Å²) in [5.74, 6) is 0. The fourth-order valence-corrected chi connectivity index (χ4v) is 8.37. The summed E-state index contributed by atoms with van der Waals surface area (Å²) in [6.07, 6.45) is 0. The van der Waals surface area contributed by atoms with E-state index in [2.05, 4.69) is 194 Å². The molecule has 0 atom stereocenters. The number of aliphatic hydroxyl groups is 1. The second-order valence-corrected chi connectivity index (χ2v) is 13.3. The quantitative estimate of drug-likeness (QED) is 0.203. The van der Waals surface area contributed by atoms with Crippen molar-refractivity contribution in [2.24, 2.45) is 0 Å². The first-order chi connectivity index (χ1) is 24.0. The predicted octanol–water partition coefficient (Wildman–Crippen LogP) is 10.8. The van der Waals surface area contributed by atoms with Crippen LogP contribution in [0.5, 0.6) is 0 Å². The van der Waals surface area contributed by atoms with Crippen LogP contribution in [0, 0.1) is 13.8 Å². The molecule has 2 N–H and O–H groups in total. The predicted molar refractivity (Wildman–Crippen MR) is 201 cm³/mol. The van der Waals surface area contributed by atoms with E-state index < -0.39 is 11.0 Å². The molecule has 7 aromatic rings. The summed E-state index contributed by atoms with van der Waals surface area (Å²) in [5, 5.41) is 17.3. The largest absolute Gasteiger partial charge is 0.376 e. The third-order valence-electron chi connectivity index (χ3n) is 10.4. The minimum Gasteiger partial charge on any atom is -0.376 e. The van der Waals surface area contributed by atoms with Crippen LogP contribution in [0.2, 0.25) is 0 Å². The van der Waals surface area contributed by atoms with E-state index in [-0.39, 0.29) is 0 Å². The van der Waals surface area contributed by atoms with Gasteiger partial charge in [-0.1, -0.05) is 139 Å². The fraction of sp³-hybridized carbons (Fsp3) is 0.0870. The highest BCUT2D eigenvalue weighted by atomic mass is 16.3. The average molecular weight is 633 g/mol. The van der Waals surface area contributed by atoms with Crippen molar-refractivity contribution >= 4 is 28.4 Å². The Morgan fingerprint density at radius 2 is 0.918 bits per heavy atom. The summed E-state index contributed by atoms with van der Waals surface area (Å²) >= 11 is 0. The molecule has 0 radical (unpaired) electrons. The number of aryl methyl sites for hydroxylation is 2. The van der Waals surface area contributed by atoms with Crippen LogP contribution in [0.4, 0.5) is 28.4 Å². The van der Waals surface area contributed by atoms with E-state index in [9.17, 15) is 5.11 Å². The van der Waals surface area contributed by atoms with Crippen molar-refractivity contribution in [1.29, 1.82) is 0 Å². The number of rotatable bonds is 4. The van der Waals surface area contributed by atoms with Gasteiger partial charge in [-0.15, -0.1) is 0 Å². The molecule has 1 aliphatic carbocycles. The molecule has 1 heterocycles. The number of nitrogens with one attached hydrogen (secondary N) is 1. The molecule has 0 bridgehead atoms. The molecule has 3 heteroatoms. The van der Waals surface area contributed by atoms with Crippen LogP contribution < -0.4 is 10.2 Å². The maximum Gasteiger partial charge on any atom is 0.143 e. The minimum atomic E-state index is -1.45. The Kier molecular flexibility index (Phi) is 6.62. The first-order valence-electron chi connectivity index (χ1n) is 16.9. The highest BCUT2D eigenvalue weighted by Gasteiger charge is 2.56. The normalized spacial score (nSPS) is 14.7. The zero-order valence-corrected chi connectivity index (χ0v) is 27.6. The van der Waals surface area contributed by atoms with Gasteiger partial charge in [-0.3, -0.25) is 0 Å². The van der Waals surface area contributed by atoms with Gasteiger partial charge in [-0.2, -0.15) is 0 Å². The van der Waals surface area contributed by atoms with Gasteiger partial charge in [0, 0.05) is 22.6 Å². The molecule has 3 nitrogen and oxygen atoms in total. The van der Waals surface area contributed by atoms with Crippen LogP contribution in [-0.2, 0) is 11.0 Å². The molecule has 2 aliphatic rings. The summed E-state index contributed by atoms with van der Waals surface area (Å²) in [6, 6.07) is 60.0. The number of fused-ring (bicyclic) bond motifs is 8. The second-order valence-electron chi connectivity index (χ2n) is 13.3. The summed E-state index contributed by atoms with van der Waals surface area (Å²) < 4.78 is 0. The molecule has 1 spiro atoms. The smallest absolute Gasteiger partial charge is 0.143 e. The van der Waals surface area contributed by atoms with Gasteiger partial charge < -0.3 is 15.3 Å². The molecule has 0 amide bonds. The van der Waals surface area contributed by atoms with Gasteiger partial charge >= 0.3 is 0 Å². The minimum absolute atomic E-state index is 0.688. The van der Waals surface area contributed by atoms with Crippen molar-refractivity contribution in [3.05, 3.63) is 220 Å². The van der Waals surface area contributed by atoms with Crippen LogP contribution in [-0.4, -0.2) is 5.11 Å². The molecule has 0 unspecified atom stereocenters. The SMILES string of the molecule is Cc1ccc(Nc2ccc(C)cc2C2(O)c3ccccc3C3(c4ccccc4N(c4ccccc4)c4ccccc43)c3ccccc32)cc1. The van der Waals surface area contributed by atoms with Crippen LogP contribution in [0.15, 0.2) is 170 Å². The Balaban J connectivity index is 1.37. The topological polar surface area (TPSA) is 35.5 Å². The van der Waals surface area contributed by atoms with Crippen LogP contribution in [0.3, 0.4) is 0 Å². The highest BCUT2D eigenvalue weighted by molar-refractivity contribution is 5.91. The Morgan fingerprint density at radius 3 is 1.49 bits per heavy atom.